The highest BCUT2D eigenvalue weighted by molar-refractivity contribution is 5.90. The summed E-state index contributed by atoms with van der Waals surface area (Å²) in [5.41, 5.74) is 3.25. The maximum Gasteiger partial charge on any atom is 0.319 e. The van der Waals surface area contributed by atoms with Gasteiger partial charge in [-0.1, -0.05) is 26.7 Å². The van der Waals surface area contributed by atoms with Gasteiger partial charge in [-0.2, -0.15) is 0 Å². The Bertz CT molecular complexity index is 674. The lowest BCUT2D eigenvalue weighted by Crippen LogP contribution is -2.47. The van der Waals surface area contributed by atoms with Crippen molar-refractivity contribution < 1.29 is 4.79 Å². The first-order valence-corrected chi connectivity index (χ1v) is 11.8. The smallest absolute Gasteiger partial charge is 0.319 e. The molecule has 2 aliphatic heterocycles. The van der Waals surface area contributed by atoms with E-state index in [0.29, 0.717) is 12.0 Å². The lowest BCUT2D eigenvalue weighted by molar-refractivity contribution is 0.163. The Labute approximate surface area is 183 Å². The third-order valence-electron chi connectivity index (χ3n) is 7.00. The largest absolute Gasteiger partial charge is 0.369 e. The number of rotatable bonds is 8. The zero-order valence-electron chi connectivity index (χ0n) is 19.4. The number of hydrogen-bond acceptors (Lipinski definition) is 4. The van der Waals surface area contributed by atoms with Crippen LogP contribution in [-0.2, 0) is 0 Å². The number of carbonyl (C=O) groups excluding carboxylic acids is 1. The van der Waals surface area contributed by atoms with Crippen molar-refractivity contribution in [3.05, 3.63) is 23.8 Å². The van der Waals surface area contributed by atoms with Gasteiger partial charge in [0.05, 0.1) is 0 Å². The number of likely N-dealkylation sites (tertiary alicyclic amines) is 1. The summed E-state index contributed by atoms with van der Waals surface area (Å²) in [4.78, 5) is 20.0. The number of benzene rings is 1. The Morgan fingerprint density at radius 3 is 2.30 bits per heavy atom. The van der Waals surface area contributed by atoms with Crippen molar-refractivity contribution in [3.8, 4) is 0 Å². The second-order valence-electron chi connectivity index (χ2n) is 9.01. The molecule has 1 aromatic carbocycles. The Balaban J connectivity index is 1.55. The first kappa shape index (κ1) is 22.9. The van der Waals surface area contributed by atoms with Crippen LogP contribution in [-0.4, -0.2) is 74.7 Å². The van der Waals surface area contributed by atoms with Gasteiger partial charge in [-0.05, 0) is 69.6 Å². The molecule has 3 rings (SSSR count). The predicted octanol–water partition coefficient (Wildman–Crippen LogP) is 3.77. The van der Waals surface area contributed by atoms with Crippen LogP contribution in [0.5, 0.6) is 0 Å². The third kappa shape index (κ3) is 5.88. The fourth-order valence-corrected chi connectivity index (χ4v) is 4.91. The molecule has 2 aliphatic rings. The number of carbonyl (C=O) groups is 1. The SMILES string of the molecule is CCC(CC)C(CNC(=O)Nc1ccc(N2CCN(C)CC2)cc1C)N1CCCC1. The third-order valence-corrected chi connectivity index (χ3v) is 7.00. The monoisotopic (exact) mass is 415 g/mol. The van der Waals surface area contributed by atoms with Gasteiger partial charge >= 0.3 is 6.03 Å². The van der Waals surface area contributed by atoms with E-state index in [-0.39, 0.29) is 6.03 Å². The van der Waals surface area contributed by atoms with E-state index in [1.54, 1.807) is 0 Å². The molecule has 0 aliphatic carbocycles. The van der Waals surface area contributed by atoms with E-state index in [1.807, 2.05) is 6.07 Å². The van der Waals surface area contributed by atoms with Gasteiger partial charge in [-0.15, -0.1) is 0 Å². The van der Waals surface area contributed by atoms with Crippen LogP contribution in [0.4, 0.5) is 16.2 Å². The van der Waals surface area contributed by atoms with Crippen LogP contribution >= 0.6 is 0 Å². The summed E-state index contributed by atoms with van der Waals surface area (Å²) in [7, 11) is 2.17. The Hall–Kier alpha value is -1.79. The molecule has 0 bridgehead atoms. The molecule has 0 saturated carbocycles. The molecular weight excluding hydrogens is 374 g/mol. The number of nitrogens with zero attached hydrogens (tertiary/aromatic N) is 3. The number of anilines is 2. The standard InChI is InChI=1S/C24H41N5O/c1-5-20(6-2)23(29-11-7-8-12-29)18-25-24(30)26-22-10-9-21(17-19(22)3)28-15-13-27(4)14-16-28/h9-10,17,20,23H,5-8,11-16,18H2,1-4H3,(H2,25,26,30). The van der Waals surface area contributed by atoms with Crippen LogP contribution in [0.3, 0.4) is 0 Å². The van der Waals surface area contributed by atoms with Crippen molar-refractivity contribution in [1.82, 2.24) is 15.1 Å². The lowest BCUT2D eigenvalue weighted by Gasteiger charge is -2.34. The summed E-state index contributed by atoms with van der Waals surface area (Å²) < 4.78 is 0. The van der Waals surface area contributed by atoms with Gasteiger partial charge in [-0.25, -0.2) is 4.79 Å². The number of urea groups is 1. The molecule has 6 heteroatoms. The van der Waals surface area contributed by atoms with Crippen LogP contribution < -0.4 is 15.5 Å². The topological polar surface area (TPSA) is 50.9 Å². The number of nitrogens with one attached hydrogen (secondary N) is 2. The van der Waals surface area contributed by atoms with Crippen molar-refractivity contribution in [3.63, 3.8) is 0 Å². The molecule has 0 aromatic heterocycles. The van der Waals surface area contributed by atoms with Gasteiger partial charge in [0.15, 0.2) is 0 Å². The second-order valence-corrected chi connectivity index (χ2v) is 9.01. The number of aryl methyl sites for hydroxylation is 1. The lowest BCUT2D eigenvalue weighted by atomic mass is 9.93. The van der Waals surface area contributed by atoms with E-state index < -0.39 is 0 Å². The molecule has 2 N–H and O–H groups in total. The molecule has 30 heavy (non-hydrogen) atoms. The van der Waals surface area contributed by atoms with Crippen LogP contribution in [0.15, 0.2) is 18.2 Å². The second kappa shape index (κ2) is 11.0. The van der Waals surface area contributed by atoms with Crippen molar-refractivity contribution in [2.45, 2.75) is 52.5 Å². The number of likely N-dealkylation sites (N-methyl/N-ethyl adjacent to an activating group) is 1. The molecule has 2 fully saturated rings. The summed E-state index contributed by atoms with van der Waals surface area (Å²) in [6.07, 6.45) is 4.88. The Kier molecular flexibility index (Phi) is 8.40. The zero-order chi connectivity index (χ0) is 21.5. The zero-order valence-corrected chi connectivity index (χ0v) is 19.4. The highest BCUT2D eigenvalue weighted by Crippen LogP contribution is 2.24. The minimum atomic E-state index is -0.0967. The maximum absolute atomic E-state index is 12.6. The van der Waals surface area contributed by atoms with E-state index >= 15 is 0 Å². The predicted molar refractivity (Wildman–Crippen MR) is 127 cm³/mol. The van der Waals surface area contributed by atoms with Crippen LogP contribution in [0.2, 0.25) is 0 Å². The molecule has 2 amide bonds. The molecule has 1 atom stereocenters. The van der Waals surface area contributed by atoms with Crippen molar-refractivity contribution >= 4 is 17.4 Å². The summed E-state index contributed by atoms with van der Waals surface area (Å²) in [5, 5.41) is 6.23. The Morgan fingerprint density at radius 1 is 1.03 bits per heavy atom. The van der Waals surface area contributed by atoms with Gasteiger partial charge < -0.3 is 20.4 Å². The highest BCUT2D eigenvalue weighted by Gasteiger charge is 2.27. The molecule has 6 nitrogen and oxygen atoms in total. The molecule has 168 valence electrons. The van der Waals surface area contributed by atoms with Gasteiger partial charge in [-0.3, -0.25) is 4.90 Å². The van der Waals surface area contributed by atoms with Gasteiger partial charge in [0.2, 0.25) is 0 Å². The van der Waals surface area contributed by atoms with E-state index in [4.69, 9.17) is 0 Å². The van der Waals surface area contributed by atoms with E-state index in [2.05, 4.69) is 65.3 Å². The first-order chi connectivity index (χ1) is 14.5. The quantitative estimate of drug-likeness (QED) is 0.679. The van der Waals surface area contributed by atoms with Crippen LogP contribution in [0, 0.1) is 12.8 Å². The van der Waals surface area contributed by atoms with E-state index in [9.17, 15) is 4.79 Å². The average molecular weight is 416 g/mol. The number of piperazine rings is 1. The fraction of sp³-hybridized carbons (Fsp3) is 0.708. The minimum absolute atomic E-state index is 0.0967. The molecule has 2 saturated heterocycles. The maximum atomic E-state index is 12.6. The summed E-state index contributed by atoms with van der Waals surface area (Å²) >= 11 is 0. The fourth-order valence-electron chi connectivity index (χ4n) is 4.91. The summed E-state index contributed by atoms with van der Waals surface area (Å²) in [5.74, 6) is 0.632. The molecule has 1 aromatic rings. The molecule has 0 spiro atoms. The van der Waals surface area contributed by atoms with Crippen molar-refractivity contribution in [2.75, 3.05) is 63.1 Å². The first-order valence-electron chi connectivity index (χ1n) is 11.8. The minimum Gasteiger partial charge on any atom is -0.369 e. The van der Waals surface area contributed by atoms with E-state index in [1.165, 1.54) is 18.5 Å². The van der Waals surface area contributed by atoms with Crippen LogP contribution in [0.1, 0.15) is 45.1 Å². The van der Waals surface area contributed by atoms with Gasteiger partial charge in [0, 0.05) is 50.1 Å². The Morgan fingerprint density at radius 2 is 1.70 bits per heavy atom. The number of amides is 2. The van der Waals surface area contributed by atoms with Crippen LogP contribution in [0.25, 0.3) is 0 Å². The molecule has 2 heterocycles. The van der Waals surface area contributed by atoms with Gasteiger partial charge in [0.25, 0.3) is 0 Å². The summed E-state index contributed by atoms with van der Waals surface area (Å²) in [6.45, 7) is 13.9. The van der Waals surface area contributed by atoms with E-state index in [0.717, 1.165) is 69.9 Å². The molecule has 1 unspecified atom stereocenters. The normalized spacial score (nSPS) is 19.3. The molecular formula is C24H41N5O. The highest BCUT2D eigenvalue weighted by atomic mass is 16.2. The van der Waals surface area contributed by atoms with Crippen molar-refractivity contribution in [1.29, 1.82) is 0 Å². The number of hydrogen-bond donors (Lipinski definition) is 2. The van der Waals surface area contributed by atoms with Crippen molar-refractivity contribution in [2.24, 2.45) is 5.92 Å². The average Bonchev–Trinajstić information content (AvgIpc) is 3.27. The van der Waals surface area contributed by atoms with Gasteiger partial charge in [0.1, 0.15) is 0 Å². The molecule has 0 radical (unpaired) electrons. The summed E-state index contributed by atoms with van der Waals surface area (Å²) in [6, 6.07) is 6.71.